The van der Waals surface area contributed by atoms with Gasteiger partial charge < -0.3 is 10.4 Å². The molecule has 4 nitrogen and oxygen atoms in total. The smallest absolute Gasteiger partial charge is 0.238 e. The average Bonchev–Trinajstić information content (AvgIpc) is 2.45. The number of carbonyl (C=O) groups excluding carboxylic acids is 1. The van der Waals surface area contributed by atoms with Gasteiger partial charge in [-0.1, -0.05) is 22.4 Å². The number of nitrogens with one attached hydrogen (secondary N) is 1. The van der Waals surface area contributed by atoms with Crippen LogP contribution in [0.15, 0.2) is 22.7 Å². The zero-order chi connectivity index (χ0) is 15.2. The number of likely N-dealkylation sites (tertiary alicyclic amines) is 1. The first-order chi connectivity index (χ1) is 10.1. The number of nitrogens with zero attached hydrogens (tertiary/aromatic N) is 1. The van der Waals surface area contributed by atoms with E-state index in [1.165, 1.54) is 6.42 Å². The van der Waals surface area contributed by atoms with Gasteiger partial charge in [0.1, 0.15) is 0 Å². The number of piperidine rings is 1. The normalized spacial score (nSPS) is 19.5. The molecular weight excluding hydrogens is 332 g/mol. The Morgan fingerprint density at radius 1 is 1.48 bits per heavy atom. The molecule has 1 aromatic rings. The van der Waals surface area contributed by atoms with Crippen molar-refractivity contribution in [1.82, 2.24) is 4.90 Å². The molecule has 0 spiro atoms. The molecule has 1 aliphatic rings. The van der Waals surface area contributed by atoms with Crippen LogP contribution in [0.25, 0.3) is 0 Å². The molecule has 1 aromatic carbocycles. The molecule has 0 bridgehead atoms. The summed E-state index contributed by atoms with van der Waals surface area (Å²) in [5.41, 5.74) is 1.93. The standard InChI is InChI=1S/C16H23BrN2O2/c1-12-10-13(5-6-15(12)17)18-16(21)11-19-8-3-2-4-14(19)7-9-20/h5-6,10,14,20H,2-4,7-9,11H2,1H3,(H,18,21). The van der Waals surface area contributed by atoms with Crippen LogP contribution < -0.4 is 5.32 Å². The lowest BCUT2D eigenvalue weighted by Gasteiger charge is -2.34. The van der Waals surface area contributed by atoms with Crippen LogP contribution >= 0.6 is 15.9 Å². The molecule has 2 N–H and O–H groups in total. The molecule has 0 aliphatic carbocycles. The minimum absolute atomic E-state index is 0.0153. The van der Waals surface area contributed by atoms with Gasteiger partial charge in [-0.3, -0.25) is 9.69 Å². The average molecular weight is 355 g/mol. The molecule has 1 fully saturated rings. The number of benzene rings is 1. The maximum absolute atomic E-state index is 12.2. The number of hydrogen-bond acceptors (Lipinski definition) is 3. The van der Waals surface area contributed by atoms with Crippen molar-refractivity contribution >= 4 is 27.5 Å². The lowest BCUT2D eigenvalue weighted by atomic mass is 9.99. The van der Waals surface area contributed by atoms with Gasteiger partial charge in [0.25, 0.3) is 0 Å². The van der Waals surface area contributed by atoms with Gasteiger partial charge in [0.05, 0.1) is 6.54 Å². The van der Waals surface area contributed by atoms with Gasteiger partial charge in [0, 0.05) is 22.8 Å². The number of hydrogen-bond donors (Lipinski definition) is 2. The van der Waals surface area contributed by atoms with Crippen molar-refractivity contribution in [2.75, 3.05) is 25.0 Å². The van der Waals surface area contributed by atoms with E-state index < -0.39 is 0 Å². The van der Waals surface area contributed by atoms with E-state index in [4.69, 9.17) is 5.11 Å². The topological polar surface area (TPSA) is 52.6 Å². The first-order valence-electron chi connectivity index (χ1n) is 7.51. The highest BCUT2D eigenvalue weighted by Gasteiger charge is 2.23. The molecule has 116 valence electrons. The Morgan fingerprint density at radius 3 is 3.00 bits per heavy atom. The molecule has 1 unspecified atom stereocenters. The Balaban J connectivity index is 1.92. The predicted molar refractivity (Wildman–Crippen MR) is 88.4 cm³/mol. The summed E-state index contributed by atoms with van der Waals surface area (Å²) < 4.78 is 1.04. The van der Waals surface area contributed by atoms with Crippen molar-refractivity contribution in [2.24, 2.45) is 0 Å². The van der Waals surface area contributed by atoms with Crippen LogP contribution in [0.1, 0.15) is 31.2 Å². The summed E-state index contributed by atoms with van der Waals surface area (Å²) in [6.45, 7) is 3.54. The quantitative estimate of drug-likeness (QED) is 0.854. The minimum Gasteiger partial charge on any atom is -0.396 e. The molecule has 1 heterocycles. The third kappa shape index (κ3) is 4.80. The van der Waals surface area contributed by atoms with Crippen molar-refractivity contribution in [3.05, 3.63) is 28.2 Å². The van der Waals surface area contributed by atoms with E-state index in [-0.39, 0.29) is 12.5 Å². The molecule has 5 heteroatoms. The molecule has 1 atom stereocenters. The highest BCUT2D eigenvalue weighted by atomic mass is 79.9. The Hall–Kier alpha value is -0.910. The van der Waals surface area contributed by atoms with Crippen LogP contribution in [0.2, 0.25) is 0 Å². The fourth-order valence-electron chi connectivity index (χ4n) is 2.85. The SMILES string of the molecule is Cc1cc(NC(=O)CN2CCCCC2CCO)ccc1Br. The largest absolute Gasteiger partial charge is 0.396 e. The molecule has 1 saturated heterocycles. The number of amides is 1. The van der Waals surface area contributed by atoms with Gasteiger partial charge in [-0.15, -0.1) is 0 Å². The van der Waals surface area contributed by atoms with E-state index in [0.717, 1.165) is 41.5 Å². The van der Waals surface area contributed by atoms with Gasteiger partial charge in [0.2, 0.25) is 5.91 Å². The number of halogens is 1. The summed E-state index contributed by atoms with van der Waals surface area (Å²) in [7, 11) is 0. The Kier molecular flexibility index (Phi) is 6.21. The summed E-state index contributed by atoms with van der Waals surface area (Å²) >= 11 is 3.46. The molecular formula is C16H23BrN2O2. The number of anilines is 1. The molecule has 0 saturated carbocycles. The summed E-state index contributed by atoms with van der Waals surface area (Å²) in [6, 6.07) is 6.14. The molecule has 1 aliphatic heterocycles. The first-order valence-corrected chi connectivity index (χ1v) is 8.30. The summed E-state index contributed by atoms with van der Waals surface area (Å²) in [6.07, 6.45) is 4.15. The van der Waals surface area contributed by atoms with Crippen molar-refractivity contribution in [2.45, 2.75) is 38.6 Å². The third-order valence-electron chi connectivity index (χ3n) is 4.00. The van der Waals surface area contributed by atoms with Gasteiger partial charge in [-0.05, 0) is 56.5 Å². The van der Waals surface area contributed by atoms with Crippen molar-refractivity contribution in [1.29, 1.82) is 0 Å². The van der Waals surface area contributed by atoms with Crippen LogP contribution in [0, 0.1) is 6.92 Å². The summed E-state index contributed by atoms with van der Waals surface area (Å²) in [5, 5.41) is 12.1. The Bertz CT molecular complexity index is 491. The van der Waals surface area contributed by atoms with Crippen LogP contribution in [-0.2, 0) is 4.79 Å². The number of rotatable bonds is 5. The monoisotopic (exact) mass is 354 g/mol. The Morgan fingerprint density at radius 2 is 2.29 bits per heavy atom. The number of aliphatic hydroxyl groups excluding tert-OH is 1. The zero-order valence-electron chi connectivity index (χ0n) is 12.4. The van der Waals surface area contributed by atoms with Crippen LogP contribution in [0.4, 0.5) is 5.69 Å². The first kappa shape index (κ1) is 16.5. The Labute approximate surface area is 134 Å². The zero-order valence-corrected chi connectivity index (χ0v) is 14.0. The molecule has 0 aromatic heterocycles. The maximum Gasteiger partial charge on any atom is 0.238 e. The maximum atomic E-state index is 12.2. The second kappa shape index (κ2) is 7.92. The number of carbonyl (C=O) groups is 1. The molecule has 2 rings (SSSR count). The lowest BCUT2D eigenvalue weighted by Crippen LogP contribution is -2.44. The van der Waals surface area contributed by atoms with E-state index in [0.29, 0.717) is 12.6 Å². The van der Waals surface area contributed by atoms with Crippen LogP contribution in [-0.4, -0.2) is 41.7 Å². The second-order valence-corrected chi connectivity index (χ2v) is 6.50. The van der Waals surface area contributed by atoms with E-state index in [9.17, 15) is 4.79 Å². The minimum atomic E-state index is 0.0153. The van der Waals surface area contributed by atoms with Crippen molar-refractivity contribution < 1.29 is 9.90 Å². The van der Waals surface area contributed by atoms with Crippen LogP contribution in [0.5, 0.6) is 0 Å². The molecule has 1 amide bonds. The number of aliphatic hydroxyl groups is 1. The third-order valence-corrected chi connectivity index (χ3v) is 4.89. The van der Waals surface area contributed by atoms with Gasteiger partial charge in [0.15, 0.2) is 0 Å². The fraction of sp³-hybridized carbons (Fsp3) is 0.562. The summed E-state index contributed by atoms with van der Waals surface area (Å²) in [4.78, 5) is 14.4. The van der Waals surface area contributed by atoms with Gasteiger partial charge >= 0.3 is 0 Å². The summed E-state index contributed by atoms with van der Waals surface area (Å²) in [5.74, 6) is 0.0153. The van der Waals surface area contributed by atoms with Gasteiger partial charge in [-0.25, -0.2) is 0 Å². The highest BCUT2D eigenvalue weighted by molar-refractivity contribution is 9.10. The van der Waals surface area contributed by atoms with Gasteiger partial charge in [-0.2, -0.15) is 0 Å². The van der Waals surface area contributed by atoms with E-state index >= 15 is 0 Å². The van der Waals surface area contributed by atoms with E-state index in [1.807, 2.05) is 25.1 Å². The second-order valence-electron chi connectivity index (χ2n) is 5.64. The van der Waals surface area contributed by atoms with Crippen molar-refractivity contribution in [3.8, 4) is 0 Å². The predicted octanol–water partition coefficient (Wildman–Crippen LogP) is 2.93. The molecule has 0 radical (unpaired) electrons. The van der Waals surface area contributed by atoms with Crippen molar-refractivity contribution in [3.63, 3.8) is 0 Å². The fourth-order valence-corrected chi connectivity index (χ4v) is 3.10. The highest BCUT2D eigenvalue weighted by Crippen LogP contribution is 2.21. The molecule has 21 heavy (non-hydrogen) atoms. The lowest BCUT2D eigenvalue weighted by molar-refractivity contribution is -0.118. The van der Waals surface area contributed by atoms with E-state index in [2.05, 4.69) is 26.1 Å². The van der Waals surface area contributed by atoms with E-state index in [1.54, 1.807) is 0 Å². The number of aryl methyl sites for hydroxylation is 1. The van der Waals surface area contributed by atoms with Crippen LogP contribution in [0.3, 0.4) is 0 Å².